The van der Waals surface area contributed by atoms with Crippen molar-refractivity contribution in [2.24, 2.45) is 0 Å². The fourth-order valence-corrected chi connectivity index (χ4v) is 1.77. The van der Waals surface area contributed by atoms with E-state index in [-0.39, 0.29) is 6.10 Å². The SMILES string of the molecule is COc1cc(OC(C)C)nc(Nc2nccs2)n1. The molecule has 18 heavy (non-hydrogen) atoms. The molecule has 1 N–H and O–H groups in total. The van der Waals surface area contributed by atoms with E-state index in [9.17, 15) is 0 Å². The van der Waals surface area contributed by atoms with Gasteiger partial charge in [0.25, 0.3) is 0 Å². The summed E-state index contributed by atoms with van der Waals surface area (Å²) in [7, 11) is 1.55. The lowest BCUT2D eigenvalue weighted by molar-refractivity contribution is 0.231. The molecule has 0 aliphatic carbocycles. The molecule has 0 saturated carbocycles. The first-order valence-corrected chi connectivity index (χ1v) is 6.31. The number of ether oxygens (including phenoxy) is 2. The molecule has 0 aliphatic rings. The maximum absolute atomic E-state index is 5.53. The summed E-state index contributed by atoms with van der Waals surface area (Å²) >= 11 is 1.47. The molecular formula is C11H14N4O2S. The normalized spacial score (nSPS) is 10.4. The second-order valence-electron chi connectivity index (χ2n) is 3.70. The van der Waals surface area contributed by atoms with E-state index in [0.717, 1.165) is 5.13 Å². The number of anilines is 2. The average Bonchev–Trinajstić information content (AvgIpc) is 2.80. The summed E-state index contributed by atoms with van der Waals surface area (Å²) in [6.45, 7) is 3.87. The Morgan fingerprint density at radius 1 is 1.28 bits per heavy atom. The van der Waals surface area contributed by atoms with Crippen LogP contribution in [-0.4, -0.2) is 28.2 Å². The number of aromatic nitrogens is 3. The predicted molar refractivity (Wildman–Crippen MR) is 69.7 cm³/mol. The van der Waals surface area contributed by atoms with Crippen molar-refractivity contribution in [3.8, 4) is 11.8 Å². The van der Waals surface area contributed by atoms with Crippen molar-refractivity contribution < 1.29 is 9.47 Å². The Hall–Kier alpha value is -1.89. The standard InChI is InChI=1S/C11H14N4O2S/c1-7(2)17-9-6-8(16-3)13-10(14-9)15-11-12-4-5-18-11/h4-7H,1-3H3,(H,12,13,14,15). The molecule has 0 aliphatic heterocycles. The van der Waals surface area contributed by atoms with Gasteiger partial charge in [0.1, 0.15) is 0 Å². The number of nitrogens with zero attached hydrogens (tertiary/aromatic N) is 3. The maximum atomic E-state index is 5.53. The van der Waals surface area contributed by atoms with Gasteiger partial charge in [-0.15, -0.1) is 11.3 Å². The molecule has 0 spiro atoms. The summed E-state index contributed by atoms with van der Waals surface area (Å²) in [5.74, 6) is 1.32. The van der Waals surface area contributed by atoms with Crippen molar-refractivity contribution in [1.82, 2.24) is 15.0 Å². The second kappa shape index (κ2) is 5.63. The lowest BCUT2D eigenvalue weighted by atomic mass is 10.5. The van der Waals surface area contributed by atoms with E-state index >= 15 is 0 Å². The molecule has 7 heteroatoms. The van der Waals surface area contributed by atoms with Gasteiger partial charge in [-0.1, -0.05) is 0 Å². The zero-order valence-electron chi connectivity index (χ0n) is 10.4. The summed E-state index contributed by atoms with van der Waals surface area (Å²) in [5, 5.41) is 5.59. The van der Waals surface area contributed by atoms with Gasteiger partial charge in [0.2, 0.25) is 17.7 Å². The highest BCUT2D eigenvalue weighted by Crippen LogP contribution is 2.22. The number of methoxy groups -OCH3 is 1. The number of hydrogen-bond acceptors (Lipinski definition) is 7. The van der Waals surface area contributed by atoms with E-state index in [1.54, 1.807) is 19.4 Å². The van der Waals surface area contributed by atoms with Gasteiger partial charge in [-0.05, 0) is 13.8 Å². The molecule has 0 radical (unpaired) electrons. The summed E-state index contributed by atoms with van der Waals surface area (Å²) in [6, 6.07) is 1.65. The van der Waals surface area contributed by atoms with Crippen LogP contribution in [0.1, 0.15) is 13.8 Å². The first-order valence-electron chi connectivity index (χ1n) is 5.43. The lowest BCUT2D eigenvalue weighted by Crippen LogP contribution is -2.09. The van der Waals surface area contributed by atoms with E-state index < -0.39 is 0 Å². The minimum Gasteiger partial charge on any atom is -0.481 e. The van der Waals surface area contributed by atoms with Gasteiger partial charge in [0, 0.05) is 11.6 Å². The van der Waals surface area contributed by atoms with E-state index in [1.165, 1.54) is 11.3 Å². The minimum absolute atomic E-state index is 0.0392. The fraction of sp³-hybridized carbons (Fsp3) is 0.364. The summed E-state index contributed by atoms with van der Waals surface area (Å²) < 4.78 is 10.6. The fourth-order valence-electron chi connectivity index (χ4n) is 1.25. The largest absolute Gasteiger partial charge is 0.481 e. The van der Waals surface area contributed by atoms with Crippen molar-refractivity contribution in [3.05, 3.63) is 17.6 Å². The van der Waals surface area contributed by atoms with Crippen molar-refractivity contribution in [3.63, 3.8) is 0 Å². The molecular weight excluding hydrogens is 252 g/mol. The third kappa shape index (κ3) is 3.30. The van der Waals surface area contributed by atoms with E-state index in [0.29, 0.717) is 17.7 Å². The predicted octanol–water partition coefficient (Wildman–Crippen LogP) is 2.47. The van der Waals surface area contributed by atoms with Crippen LogP contribution in [0, 0.1) is 0 Å². The van der Waals surface area contributed by atoms with Crippen LogP contribution in [0.5, 0.6) is 11.8 Å². The highest BCUT2D eigenvalue weighted by Gasteiger charge is 2.08. The summed E-state index contributed by atoms with van der Waals surface area (Å²) in [6.07, 6.45) is 1.75. The Balaban J connectivity index is 2.23. The molecule has 0 amide bonds. The smallest absolute Gasteiger partial charge is 0.235 e. The highest BCUT2D eigenvalue weighted by molar-refractivity contribution is 7.13. The Morgan fingerprint density at radius 3 is 2.67 bits per heavy atom. The minimum atomic E-state index is 0.0392. The van der Waals surface area contributed by atoms with Gasteiger partial charge in [0.15, 0.2) is 5.13 Å². The molecule has 2 heterocycles. The van der Waals surface area contributed by atoms with Gasteiger partial charge in [0.05, 0.1) is 19.3 Å². The molecule has 0 unspecified atom stereocenters. The molecule has 0 saturated heterocycles. The molecule has 2 aromatic rings. The number of hydrogen-bond donors (Lipinski definition) is 1. The number of nitrogens with one attached hydrogen (secondary N) is 1. The van der Waals surface area contributed by atoms with Gasteiger partial charge in [-0.2, -0.15) is 9.97 Å². The van der Waals surface area contributed by atoms with Gasteiger partial charge in [-0.3, -0.25) is 5.32 Å². The molecule has 0 fully saturated rings. The molecule has 2 aromatic heterocycles. The van der Waals surface area contributed by atoms with Crippen molar-refractivity contribution in [1.29, 1.82) is 0 Å². The Bertz CT molecular complexity index is 502. The molecule has 2 rings (SSSR count). The zero-order chi connectivity index (χ0) is 13.0. The first-order chi connectivity index (χ1) is 8.67. The molecule has 6 nitrogen and oxygen atoms in total. The van der Waals surface area contributed by atoms with Gasteiger partial charge < -0.3 is 9.47 Å². The molecule has 0 atom stereocenters. The maximum Gasteiger partial charge on any atom is 0.235 e. The van der Waals surface area contributed by atoms with Crippen LogP contribution in [0.4, 0.5) is 11.1 Å². The lowest BCUT2D eigenvalue weighted by Gasteiger charge is -2.11. The first kappa shape index (κ1) is 12.6. The highest BCUT2D eigenvalue weighted by atomic mass is 32.1. The van der Waals surface area contributed by atoms with Crippen molar-refractivity contribution >= 4 is 22.4 Å². The van der Waals surface area contributed by atoms with E-state index in [1.807, 2.05) is 19.2 Å². The Kier molecular flexibility index (Phi) is 3.93. The van der Waals surface area contributed by atoms with Crippen LogP contribution in [-0.2, 0) is 0 Å². The summed E-state index contributed by atoms with van der Waals surface area (Å²) in [5.41, 5.74) is 0. The Morgan fingerprint density at radius 2 is 2.06 bits per heavy atom. The van der Waals surface area contributed by atoms with Crippen LogP contribution in [0.2, 0.25) is 0 Å². The third-order valence-electron chi connectivity index (χ3n) is 1.90. The quantitative estimate of drug-likeness (QED) is 0.896. The number of thiazole rings is 1. The average molecular weight is 266 g/mol. The van der Waals surface area contributed by atoms with Crippen molar-refractivity contribution in [2.75, 3.05) is 12.4 Å². The van der Waals surface area contributed by atoms with Crippen molar-refractivity contribution in [2.45, 2.75) is 20.0 Å². The van der Waals surface area contributed by atoms with Crippen LogP contribution < -0.4 is 14.8 Å². The topological polar surface area (TPSA) is 69.2 Å². The summed E-state index contributed by atoms with van der Waals surface area (Å²) in [4.78, 5) is 12.5. The monoisotopic (exact) mass is 266 g/mol. The second-order valence-corrected chi connectivity index (χ2v) is 4.60. The van der Waals surface area contributed by atoms with E-state index in [2.05, 4.69) is 20.3 Å². The number of rotatable bonds is 5. The van der Waals surface area contributed by atoms with Crippen LogP contribution in [0.15, 0.2) is 17.6 Å². The third-order valence-corrected chi connectivity index (χ3v) is 2.58. The molecule has 96 valence electrons. The zero-order valence-corrected chi connectivity index (χ0v) is 11.2. The van der Waals surface area contributed by atoms with Crippen LogP contribution in [0.3, 0.4) is 0 Å². The Labute approximate surface area is 109 Å². The van der Waals surface area contributed by atoms with Gasteiger partial charge in [-0.25, -0.2) is 4.98 Å². The van der Waals surface area contributed by atoms with Crippen LogP contribution in [0.25, 0.3) is 0 Å². The molecule has 0 aromatic carbocycles. The van der Waals surface area contributed by atoms with Crippen LogP contribution >= 0.6 is 11.3 Å². The van der Waals surface area contributed by atoms with E-state index in [4.69, 9.17) is 9.47 Å². The molecule has 0 bridgehead atoms. The van der Waals surface area contributed by atoms with Gasteiger partial charge >= 0.3 is 0 Å².